The van der Waals surface area contributed by atoms with Crippen molar-refractivity contribution in [3.8, 4) is 0 Å². The van der Waals surface area contributed by atoms with Gasteiger partial charge in [-0.3, -0.25) is 9.69 Å². The number of hydrogen-bond donors (Lipinski definition) is 1. The quantitative estimate of drug-likeness (QED) is 0.847. The lowest BCUT2D eigenvalue weighted by atomic mass is 10.2. The van der Waals surface area contributed by atoms with E-state index in [-0.39, 0.29) is 11.6 Å². The van der Waals surface area contributed by atoms with Crippen LogP contribution >= 0.6 is 11.3 Å². The minimum absolute atomic E-state index is 0.0144. The molecule has 3 rings (SSSR count). The van der Waals surface area contributed by atoms with Crippen LogP contribution in [0.15, 0.2) is 4.79 Å². The molecule has 7 nitrogen and oxygen atoms in total. The van der Waals surface area contributed by atoms with Gasteiger partial charge in [-0.05, 0) is 26.3 Å². The lowest BCUT2D eigenvalue weighted by Crippen LogP contribution is -2.39. The molecule has 2 aromatic rings. The molecule has 1 N–H and O–H groups in total. The molecule has 0 unspecified atom stereocenters. The SMILES string of the molecule is CCOC(=O)c1sc2nc([C@@H](C)N3CCOCC3)[nH]c(=O)c2c1C. The van der Waals surface area contributed by atoms with Crippen LogP contribution < -0.4 is 5.56 Å². The molecule has 130 valence electrons. The van der Waals surface area contributed by atoms with E-state index in [1.54, 1.807) is 13.8 Å². The molecule has 3 heterocycles. The number of esters is 1. The summed E-state index contributed by atoms with van der Waals surface area (Å²) in [6.07, 6.45) is 0. The van der Waals surface area contributed by atoms with Gasteiger partial charge in [0, 0.05) is 13.1 Å². The number of aromatic amines is 1. The van der Waals surface area contributed by atoms with E-state index >= 15 is 0 Å². The van der Waals surface area contributed by atoms with Crippen molar-refractivity contribution < 1.29 is 14.3 Å². The Bertz CT molecular complexity index is 807. The number of fused-ring (bicyclic) bond motifs is 1. The van der Waals surface area contributed by atoms with Crippen molar-refractivity contribution in [2.24, 2.45) is 0 Å². The first-order valence-electron chi connectivity index (χ1n) is 8.05. The molecule has 0 aromatic carbocycles. The van der Waals surface area contributed by atoms with E-state index in [1.807, 2.05) is 6.92 Å². The fourth-order valence-corrected chi connectivity index (χ4v) is 3.97. The first kappa shape index (κ1) is 17.1. The number of H-pyrrole nitrogens is 1. The molecule has 1 aliphatic rings. The van der Waals surface area contributed by atoms with Crippen LogP contribution in [0.2, 0.25) is 0 Å². The maximum atomic E-state index is 12.5. The predicted octanol–water partition coefficient (Wildman–Crippen LogP) is 1.86. The second kappa shape index (κ2) is 7.00. The number of aromatic nitrogens is 2. The topological polar surface area (TPSA) is 84.5 Å². The molecule has 24 heavy (non-hydrogen) atoms. The van der Waals surface area contributed by atoms with E-state index in [4.69, 9.17) is 9.47 Å². The summed E-state index contributed by atoms with van der Waals surface area (Å²) in [6, 6.07) is -0.0144. The Kier molecular flexibility index (Phi) is 4.98. The van der Waals surface area contributed by atoms with E-state index in [0.29, 0.717) is 46.3 Å². The van der Waals surface area contributed by atoms with Crippen molar-refractivity contribution in [3.63, 3.8) is 0 Å². The summed E-state index contributed by atoms with van der Waals surface area (Å²) in [5.74, 6) is 0.214. The number of nitrogens with one attached hydrogen (secondary N) is 1. The summed E-state index contributed by atoms with van der Waals surface area (Å²) in [6.45, 7) is 8.81. The summed E-state index contributed by atoms with van der Waals surface area (Å²) in [5, 5.41) is 0.473. The summed E-state index contributed by atoms with van der Waals surface area (Å²) < 4.78 is 10.4. The zero-order valence-corrected chi connectivity index (χ0v) is 14.9. The molecular formula is C16H21N3O4S. The van der Waals surface area contributed by atoms with Crippen LogP contribution in [0.1, 0.15) is 40.9 Å². The summed E-state index contributed by atoms with van der Waals surface area (Å²) in [5.41, 5.74) is 0.423. The van der Waals surface area contributed by atoms with Gasteiger partial charge in [-0.25, -0.2) is 9.78 Å². The fraction of sp³-hybridized carbons (Fsp3) is 0.562. The molecule has 8 heteroatoms. The Morgan fingerprint density at radius 3 is 2.83 bits per heavy atom. The van der Waals surface area contributed by atoms with Crippen LogP contribution in [0.25, 0.3) is 10.2 Å². The van der Waals surface area contributed by atoms with Gasteiger partial charge in [-0.1, -0.05) is 0 Å². The molecule has 1 fully saturated rings. The maximum absolute atomic E-state index is 12.5. The third kappa shape index (κ3) is 3.09. The molecular weight excluding hydrogens is 330 g/mol. The third-order valence-corrected chi connectivity index (χ3v) is 5.43. The average molecular weight is 351 g/mol. The van der Waals surface area contributed by atoms with E-state index in [9.17, 15) is 9.59 Å². The molecule has 1 aliphatic heterocycles. The number of hydrogen-bond acceptors (Lipinski definition) is 7. The molecule has 0 bridgehead atoms. The Hall–Kier alpha value is -1.77. The first-order valence-corrected chi connectivity index (χ1v) is 8.86. The number of ether oxygens (including phenoxy) is 2. The Labute approximate surface area is 143 Å². The normalized spacial score (nSPS) is 17.1. The van der Waals surface area contributed by atoms with Gasteiger partial charge in [0.2, 0.25) is 0 Å². The molecule has 0 spiro atoms. The Morgan fingerprint density at radius 1 is 1.46 bits per heavy atom. The number of morpholine rings is 1. The number of thiophene rings is 1. The molecule has 1 saturated heterocycles. The van der Waals surface area contributed by atoms with Crippen LogP contribution in [-0.2, 0) is 9.47 Å². The van der Waals surface area contributed by atoms with E-state index in [2.05, 4.69) is 14.9 Å². The fourth-order valence-electron chi connectivity index (χ4n) is 2.89. The number of rotatable bonds is 4. The summed E-state index contributed by atoms with van der Waals surface area (Å²) in [7, 11) is 0. The smallest absolute Gasteiger partial charge is 0.348 e. The number of carbonyl (C=O) groups is 1. The summed E-state index contributed by atoms with van der Waals surface area (Å²) in [4.78, 5) is 35.3. The van der Waals surface area contributed by atoms with Gasteiger partial charge >= 0.3 is 5.97 Å². The van der Waals surface area contributed by atoms with Crippen molar-refractivity contribution in [1.29, 1.82) is 0 Å². The number of nitrogens with zero attached hydrogens (tertiary/aromatic N) is 2. The molecule has 0 radical (unpaired) electrons. The molecule has 2 aromatic heterocycles. The zero-order valence-electron chi connectivity index (χ0n) is 14.0. The van der Waals surface area contributed by atoms with Crippen molar-refractivity contribution in [3.05, 3.63) is 26.6 Å². The van der Waals surface area contributed by atoms with Gasteiger partial charge in [0.05, 0.1) is 31.2 Å². The van der Waals surface area contributed by atoms with Crippen LogP contribution in [0.4, 0.5) is 0 Å². The highest BCUT2D eigenvalue weighted by Gasteiger charge is 2.24. The van der Waals surface area contributed by atoms with E-state index in [0.717, 1.165) is 13.1 Å². The largest absolute Gasteiger partial charge is 0.462 e. The maximum Gasteiger partial charge on any atom is 0.348 e. The Balaban J connectivity index is 2.00. The highest BCUT2D eigenvalue weighted by Crippen LogP contribution is 2.29. The molecule has 1 atom stereocenters. The monoisotopic (exact) mass is 351 g/mol. The van der Waals surface area contributed by atoms with Crippen molar-refractivity contribution in [2.45, 2.75) is 26.8 Å². The van der Waals surface area contributed by atoms with E-state index in [1.165, 1.54) is 11.3 Å². The molecule has 0 saturated carbocycles. The first-order chi connectivity index (χ1) is 11.5. The molecule has 0 amide bonds. The highest BCUT2D eigenvalue weighted by atomic mass is 32.1. The standard InChI is InChI=1S/C16H21N3O4S/c1-4-23-16(21)12-9(2)11-14(20)17-13(18-15(11)24-12)10(3)19-5-7-22-8-6-19/h10H,4-8H2,1-3H3,(H,17,18,20)/t10-/m1/s1. The average Bonchev–Trinajstić information content (AvgIpc) is 2.92. The van der Waals surface area contributed by atoms with Gasteiger partial charge in [0.1, 0.15) is 15.5 Å². The second-order valence-electron chi connectivity index (χ2n) is 5.73. The van der Waals surface area contributed by atoms with Crippen LogP contribution in [0.3, 0.4) is 0 Å². The minimum Gasteiger partial charge on any atom is -0.462 e. The number of aryl methyl sites for hydroxylation is 1. The second-order valence-corrected chi connectivity index (χ2v) is 6.73. The summed E-state index contributed by atoms with van der Waals surface area (Å²) >= 11 is 1.22. The van der Waals surface area contributed by atoms with Gasteiger partial charge in [-0.2, -0.15) is 0 Å². The van der Waals surface area contributed by atoms with Gasteiger partial charge in [0.15, 0.2) is 0 Å². The van der Waals surface area contributed by atoms with Crippen molar-refractivity contribution >= 4 is 27.5 Å². The van der Waals surface area contributed by atoms with Crippen LogP contribution in [-0.4, -0.2) is 53.7 Å². The van der Waals surface area contributed by atoms with Crippen LogP contribution in [0.5, 0.6) is 0 Å². The van der Waals surface area contributed by atoms with Crippen molar-refractivity contribution in [2.75, 3.05) is 32.9 Å². The predicted molar refractivity (Wildman–Crippen MR) is 91.7 cm³/mol. The molecule has 0 aliphatic carbocycles. The third-order valence-electron chi connectivity index (χ3n) is 4.27. The zero-order chi connectivity index (χ0) is 17.3. The van der Waals surface area contributed by atoms with Gasteiger partial charge < -0.3 is 14.5 Å². The number of carbonyl (C=O) groups excluding carboxylic acids is 1. The van der Waals surface area contributed by atoms with Gasteiger partial charge in [-0.15, -0.1) is 11.3 Å². The van der Waals surface area contributed by atoms with Gasteiger partial charge in [0.25, 0.3) is 5.56 Å². The lowest BCUT2D eigenvalue weighted by molar-refractivity contribution is 0.0182. The van der Waals surface area contributed by atoms with E-state index < -0.39 is 5.97 Å². The van der Waals surface area contributed by atoms with Crippen LogP contribution in [0, 0.1) is 6.92 Å². The van der Waals surface area contributed by atoms with Crippen molar-refractivity contribution in [1.82, 2.24) is 14.9 Å². The lowest BCUT2D eigenvalue weighted by Gasteiger charge is -2.31. The minimum atomic E-state index is -0.403. The Morgan fingerprint density at radius 2 is 2.17 bits per heavy atom. The highest BCUT2D eigenvalue weighted by molar-refractivity contribution is 7.20.